The molecule has 0 aliphatic carbocycles. The summed E-state index contributed by atoms with van der Waals surface area (Å²) in [5.74, 6) is -0.105. The van der Waals surface area contributed by atoms with Crippen LogP contribution in [0.5, 0.6) is 5.75 Å². The second kappa shape index (κ2) is 8.49. The molecule has 2 aromatic rings. The van der Waals surface area contributed by atoms with Crippen molar-refractivity contribution in [3.05, 3.63) is 64.3 Å². The van der Waals surface area contributed by atoms with E-state index in [1.54, 1.807) is 14.2 Å². The van der Waals surface area contributed by atoms with Gasteiger partial charge in [0.25, 0.3) is 11.8 Å². The fraction of sp³-hybridized carbons (Fsp3) is 0.304. The molecule has 1 aliphatic rings. The summed E-state index contributed by atoms with van der Waals surface area (Å²) in [4.78, 5) is 27.5. The Morgan fingerprint density at radius 3 is 2.34 bits per heavy atom. The number of nitrogens with zero attached hydrogens (tertiary/aromatic N) is 1. The zero-order chi connectivity index (χ0) is 21.1. The summed E-state index contributed by atoms with van der Waals surface area (Å²) in [5.41, 5.74) is 5.14. The lowest BCUT2D eigenvalue weighted by Crippen LogP contribution is -2.35. The lowest BCUT2D eigenvalue weighted by Gasteiger charge is -2.15. The first kappa shape index (κ1) is 20.6. The van der Waals surface area contributed by atoms with Crippen molar-refractivity contribution in [3.63, 3.8) is 0 Å². The lowest BCUT2D eigenvalue weighted by atomic mass is 9.99. The quantitative estimate of drug-likeness (QED) is 0.729. The topological polar surface area (TPSA) is 67.9 Å². The highest BCUT2D eigenvalue weighted by Gasteiger charge is 2.39. The summed E-state index contributed by atoms with van der Waals surface area (Å²) in [6.45, 7) is 6.42. The Labute approximate surface area is 171 Å². The molecule has 0 radical (unpaired) electrons. The maximum absolute atomic E-state index is 13.2. The highest BCUT2D eigenvalue weighted by atomic mass is 16.5. The molecule has 1 N–H and O–H groups in total. The molecule has 0 aromatic heterocycles. The molecule has 0 saturated carbocycles. The van der Waals surface area contributed by atoms with E-state index in [0.29, 0.717) is 22.6 Å². The Morgan fingerprint density at radius 2 is 1.69 bits per heavy atom. The van der Waals surface area contributed by atoms with Crippen molar-refractivity contribution in [2.75, 3.05) is 32.7 Å². The van der Waals surface area contributed by atoms with Gasteiger partial charge in [-0.3, -0.25) is 14.5 Å². The number of hydrogen-bond donors (Lipinski definition) is 1. The first-order valence-electron chi connectivity index (χ1n) is 9.46. The molecule has 152 valence electrons. The van der Waals surface area contributed by atoms with E-state index in [1.165, 1.54) is 4.90 Å². The minimum Gasteiger partial charge on any atom is -0.495 e. The maximum Gasteiger partial charge on any atom is 0.278 e. The SMILES string of the molecule is COCCN1C(=O)C(Nc2cc(C)ccc2OC)=C(c2ccc(C)c(C)c2)C1=O. The molecular weight excluding hydrogens is 368 g/mol. The molecule has 6 heteroatoms. The van der Waals surface area contributed by atoms with Crippen LogP contribution >= 0.6 is 0 Å². The summed E-state index contributed by atoms with van der Waals surface area (Å²) in [6.07, 6.45) is 0. The Kier molecular flexibility index (Phi) is 6.03. The van der Waals surface area contributed by atoms with E-state index in [1.807, 2.05) is 57.2 Å². The fourth-order valence-electron chi connectivity index (χ4n) is 3.30. The fourth-order valence-corrected chi connectivity index (χ4v) is 3.30. The zero-order valence-electron chi connectivity index (χ0n) is 17.5. The van der Waals surface area contributed by atoms with Crippen LogP contribution in [0.4, 0.5) is 5.69 Å². The largest absolute Gasteiger partial charge is 0.495 e. The molecule has 1 heterocycles. The van der Waals surface area contributed by atoms with Gasteiger partial charge in [-0.05, 0) is 55.2 Å². The van der Waals surface area contributed by atoms with Crippen molar-refractivity contribution < 1.29 is 19.1 Å². The van der Waals surface area contributed by atoms with Crippen molar-refractivity contribution in [3.8, 4) is 5.75 Å². The summed E-state index contributed by atoms with van der Waals surface area (Å²) in [5, 5.41) is 3.17. The number of rotatable bonds is 7. The van der Waals surface area contributed by atoms with Gasteiger partial charge in [0.1, 0.15) is 11.4 Å². The number of carbonyl (C=O) groups excluding carboxylic acids is 2. The van der Waals surface area contributed by atoms with Crippen LogP contribution in [0.25, 0.3) is 5.57 Å². The molecule has 3 rings (SSSR count). The van der Waals surface area contributed by atoms with E-state index in [2.05, 4.69) is 5.32 Å². The van der Waals surface area contributed by atoms with Gasteiger partial charge in [0.15, 0.2) is 0 Å². The van der Waals surface area contributed by atoms with Crippen LogP contribution in [0.15, 0.2) is 42.1 Å². The zero-order valence-corrected chi connectivity index (χ0v) is 17.5. The van der Waals surface area contributed by atoms with Crippen molar-refractivity contribution in [2.24, 2.45) is 0 Å². The van der Waals surface area contributed by atoms with E-state index in [0.717, 1.165) is 16.7 Å². The molecule has 6 nitrogen and oxygen atoms in total. The highest BCUT2D eigenvalue weighted by molar-refractivity contribution is 6.36. The smallest absolute Gasteiger partial charge is 0.278 e. The predicted molar refractivity (Wildman–Crippen MR) is 113 cm³/mol. The van der Waals surface area contributed by atoms with Gasteiger partial charge in [-0.25, -0.2) is 0 Å². The van der Waals surface area contributed by atoms with Crippen molar-refractivity contribution in [1.29, 1.82) is 0 Å². The number of amides is 2. The molecule has 0 spiro atoms. The molecule has 29 heavy (non-hydrogen) atoms. The monoisotopic (exact) mass is 394 g/mol. The second-order valence-corrected chi connectivity index (χ2v) is 7.13. The number of anilines is 1. The van der Waals surface area contributed by atoms with Gasteiger partial charge < -0.3 is 14.8 Å². The number of aryl methyl sites for hydroxylation is 3. The standard InChI is InChI=1S/C23H26N2O4/c1-14-6-9-19(29-5)18(12-14)24-21-20(17-8-7-15(2)16(3)13-17)22(26)25(23(21)27)10-11-28-4/h6-9,12-13,24H,10-11H2,1-5H3. The van der Waals surface area contributed by atoms with Crippen LogP contribution in [0, 0.1) is 20.8 Å². The molecule has 0 unspecified atom stereocenters. The molecule has 2 amide bonds. The molecule has 0 saturated heterocycles. The average Bonchev–Trinajstić information content (AvgIpc) is 2.92. The molecule has 2 aromatic carbocycles. The number of benzene rings is 2. The Morgan fingerprint density at radius 1 is 0.931 bits per heavy atom. The highest BCUT2D eigenvalue weighted by Crippen LogP contribution is 2.34. The molecule has 0 bridgehead atoms. The second-order valence-electron chi connectivity index (χ2n) is 7.13. The third-order valence-electron chi connectivity index (χ3n) is 5.10. The van der Waals surface area contributed by atoms with Crippen molar-refractivity contribution in [1.82, 2.24) is 4.90 Å². The minimum absolute atomic E-state index is 0.193. The predicted octanol–water partition coefficient (Wildman–Crippen LogP) is 3.46. The number of hydrogen-bond acceptors (Lipinski definition) is 5. The first-order chi connectivity index (χ1) is 13.9. The summed E-state index contributed by atoms with van der Waals surface area (Å²) in [6, 6.07) is 11.4. The van der Waals surface area contributed by atoms with Gasteiger partial charge in [-0.1, -0.05) is 24.3 Å². The van der Waals surface area contributed by atoms with E-state index in [4.69, 9.17) is 9.47 Å². The Hall–Kier alpha value is -3.12. The normalized spacial score (nSPS) is 14.0. The summed E-state index contributed by atoms with van der Waals surface area (Å²) >= 11 is 0. The van der Waals surface area contributed by atoms with Gasteiger partial charge >= 0.3 is 0 Å². The van der Waals surface area contributed by atoms with E-state index in [9.17, 15) is 9.59 Å². The van der Waals surface area contributed by atoms with Crippen LogP contribution in [0.2, 0.25) is 0 Å². The Balaban J connectivity index is 2.12. The average molecular weight is 394 g/mol. The summed E-state index contributed by atoms with van der Waals surface area (Å²) in [7, 11) is 3.11. The van der Waals surface area contributed by atoms with Crippen LogP contribution in [0.1, 0.15) is 22.3 Å². The molecule has 0 atom stereocenters. The van der Waals surface area contributed by atoms with Crippen LogP contribution < -0.4 is 10.1 Å². The number of imide groups is 1. The van der Waals surface area contributed by atoms with E-state index < -0.39 is 0 Å². The summed E-state index contributed by atoms with van der Waals surface area (Å²) < 4.78 is 10.5. The van der Waals surface area contributed by atoms with Gasteiger partial charge in [0, 0.05) is 7.11 Å². The minimum atomic E-state index is -0.371. The lowest BCUT2D eigenvalue weighted by molar-refractivity contribution is -0.137. The van der Waals surface area contributed by atoms with Gasteiger partial charge in [0.2, 0.25) is 0 Å². The van der Waals surface area contributed by atoms with Gasteiger partial charge in [-0.15, -0.1) is 0 Å². The number of nitrogens with one attached hydrogen (secondary N) is 1. The third kappa shape index (κ3) is 4.03. The van der Waals surface area contributed by atoms with Crippen LogP contribution in [-0.4, -0.2) is 44.1 Å². The third-order valence-corrected chi connectivity index (χ3v) is 5.10. The van der Waals surface area contributed by atoms with Gasteiger partial charge in [-0.2, -0.15) is 0 Å². The number of carbonyl (C=O) groups is 2. The molecule has 1 aliphatic heterocycles. The van der Waals surface area contributed by atoms with E-state index in [-0.39, 0.29) is 30.7 Å². The van der Waals surface area contributed by atoms with Gasteiger partial charge in [0.05, 0.1) is 31.5 Å². The Bertz CT molecular complexity index is 994. The maximum atomic E-state index is 13.2. The number of ether oxygens (including phenoxy) is 2. The van der Waals surface area contributed by atoms with Crippen LogP contribution in [-0.2, 0) is 14.3 Å². The number of methoxy groups -OCH3 is 2. The van der Waals surface area contributed by atoms with E-state index >= 15 is 0 Å². The first-order valence-corrected chi connectivity index (χ1v) is 9.46. The molecular formula is C23H26N2O4. The molecule has 0 fully saturated rings. The van der Waals surface area contributed by atoms with Crippen molar-refractivity contribution in [2.45, 2.75) is 20.8 Å². The van der Waals surface area contributed by atoms with Crippen molar-refractivity contribution >= 4 is 23.1 Å². The van der Waals surface area contributed by atoms with Crippen LogP contribution in [0.3, 0.4) is 0 Å².